The van der Waals surface area contributed by atoms with E-state index in [4.69, 9.17) is 16.3 Å². The van der Waals surface area contributed by atoms with Crippen LogP contribution < -0.4 is 4.74 Å². The summed E-state index contributed by atoms with van der Waals surface area (Å²) in [5, 5.41) is 10.00. The number of fused-ring (bicyclic) bond motifs is 2. The highest BCUT2D eigenvalue weighted by atomic mass is 35.5. The Hall–Kier alpha value is -2.00. The minimum absolute atomic E-state index is 0.0690. The molecule has 1 N–H and O–H groups in total. The van der Waals surface area contributed by atoms with E-state index in [1.54, 1.807) is 30.3 Å². The largest absolute Gasteiger partial charge is 0.508 e. The van der Waals surface area contributed by atoms with Gasteiger partial charge in [-0.25, -0.2) is 0 Å². The summed E-state index contributed by atoms with van der Waals surface area (Å²) in [5.74, 6) is 0.382. The van der Waals surface area contributed by atoms with E-state index in [2.05, 4.69) is 0 Å². The molecule has 0 saturated carbocycles. The number of halogens is 1. The molecule has 0 radical (unpaired) electrons. The molecule has 2 aromatic rings. The van der Waals surface area contributed by atoms with Crippen molar-refractivity contribution in [1.29, 1.82) is 0 Å². The Bertz CT molecular complexity index is 649. The Morgan fingerprint density at radius 3 is 2.78 bits per heavy atom. The molecule has 90 valence electrons. The predicted octanol–water partition coefficient (Wildman–Crippen LogP) is 3.17. The molecule has 1 aliphatic heterocycles. The fraction of sp³-hybridized carbons (Fsp3) is 0.0714. The quantitative estimate of drug-likeness (QED) is 0.791. The lowest BCUT2D eigenvalue weighted by atomic mass is 9.99. The van der Waals surface area contributed by atoms with E-state index < -0.39 is 0 Å². The summed E-state index contributed by atoms with van der Waals surface area (Å²) in [7, 11) is 0. The second kappa shape index (κ2) is 4.03. The van der Waals surface area contributed by atoms with Gasteiger partial charge in [0.15, 0.2) is 5.78 Å². The van der Waals surface area contributed by atoms with Crippen LogP contribution in [0.25, 0.3) is 0 Å². The maximum atomic E-state index is 12.4. The summed E-state index contributed by atoms with van der Waals surface area (Å²) in [4.78, 5) is 12.4. The van der Waals surface area contributed by atoms with Gasteiger partial charge in [0.1, 0.15) is 18.1 Å². The number of ketones is 1. The first-order valence-corrected chi connectivity index (χ1v) is 5.82. The van der Waals surface area contributed by atoms with Crippen LogP contribution in [0.2, 0.25) is 5.02 Å². The molecule has 0 atom stereocenters. The summed E-state index contributed by atoms with van der Waals surface area (Å²) in [5.41, 5.74) is 1.69. The van der Waals surface area contributed by atoms with Crippen molar-refractivity contribution in [3.63, 3.8) is 0 Å². The highest BCUT2D eigenvalue weighted by Gasteiger charge is 2.22. The van der Waals surface area contributed by atoms with Crippen LogP contribution in [0.15, 0.2) is 36.4 Å². The molecule has 0 bridgehead atoms. The van der Waals surface area contributed by atoms with Gasteiger partial charge >= 0.3 is 0 Å². The van der Waals surface area contributed by atoms with Gasteiger partial charge in [-0.15, -0.1) is 0 Å². The topological polar surface area (TPSA) is 46.5 Å². The van der Waals surface area contributed by atoms with Gasteiger partial charge in [-0.1, -0.05) is 17.7 Å². The lowest BCUT2D eigenvalue weighted by Gasteiger charge is -2.05. The molecule has 0 fully saturated rings. The Labute approximate surface area is 109 Å². The Kier molecular flexibility index (Phi) is 2.49. The monoisotopic (exact) mass is 260 g/mol. The van der Waals surface area contributed by atoms with Crippen molar-refractivity contribution in [2.75, 3.05) is 0 Å². The Balaban J connectivity index is 2.20. The van der Waals surface area contributed by atoms with Gasteiger partial charge < -0.3 is 9.84 Å². The molecule has 0 saturated heterocycles. The average Bonchev–Trinajstić information content (AvgIpc) is 2.48. The number of phenols is 1. The number of carbonyl (C=O) groups is 1. The van der Waals surface area contributed by atoms with Gasteiger partial charge in [-0.3, -0.25) is 4.79 Å². The summed E-state index contributed by atoms with van der Waals surface area (Å²) in [6.45, 7) is 0.286. The number of hydrogen-bond acceptors (Lipinski definition) is 3. The van der Waals surface area contributed by atoms with Crippen molar-refractivity contribution in [3.8, 4) is 11.5 Å². The molecule has 3 nitrogen and oxygen atoms in total. The molecule has 3 rings (SSSR count). The molecule has 0 aliphatic carbocycles. The van der Waals surface area contributed by atoms with Gasteiger partial charge in [0.05, 0.1) is 5.56 Å². The van der Waals surface area contributed by atoms with Gasteiger partial charge in [0.25, 0.3) is 0 Å². The third-order valence-corrected chi connectivity index (χ3v) is 3.14. The fourth-order valence-corrected chi connectivity index (χ4v) is 2.17. The third kappa shape index (κ3) is 1.73. The minimum Gasteiger partial charge on any atom is -0.508 e. The predicted molar refractivity (Wildman–Crippen MR) is 67.3 cm³/mol. The van der Waals surface area contributed by atoms with E-state index in [0.717, 1.165) is 5.56 Å². The van der Waals surface area contributed by atoms with Crippen molar-refractivity contribution in [2.45, 2.75) is 6.61 Å². The summed E-state index contributed by atoms with van der Waals surface area (Å²) in [6, 6.07) is 9.61. The smallest absolute Gasteiger partial charge is 0.197 e. The number of phenolic OH excluding ortho intramolecular Hbond substituents is 1. The molecule has 0 spiro atoms. The van der Waals surface area contributed by atoms with Crippen LogP contribution in [0.4, 0.5) is 0 Å². The third-order valence-electron chi connectivity index (χ3n) is 2.91. The van der Waals surface area contributed by atoms with Crippen LogP contribution in [0.3, 0.4) is 0 Å². The first kappa shape index (κ1) is 11.1. The zero-order valence-corrected chi connectivity index (χ0v) is 10.1. The van der Waals surface area contributed by atoms with E-state index in [-0.39, 0.29) is 18.1 Å². The molecular formula is C14H9ClO3. The molecule has 0 unspecified atom stereocenters. The van der Waals surface area contributed by atoms with Crippen LogP contribution in [-0.2, 0) is 6.61 Å². The first-order chi connectivity index (χ1) is 8.65. The van der Waals surface area contributed by atoms with Gasteiger partial charge in [-0.2, -0.15) is 0 Å². The zero-order valence-electron chi connectivity index (χ0n) is 9.31. The molecule has 4 heteroatoms. The molecule has 2 aromatic carbocycles. The second-order valence-electron chi connectivity index (χ2n) is 4.10. The van der Waals surface area contributed by atoms with E-state index in [1.165, 1.54) is 6.07 Å². The van der Waals surface area contributed by atoms with Crippen LogP contribution >= 0.6 is 11.6 Å². The van der Waals surface area contributed by atoms with Gasteiger partial charge in [0, 0.05) is 16.1 Å². The van der Waals surface area contributed by atoms with Crippen LogP contribution in [0, 0.1) is 0 Å². The van der Waals surface area contributed by atoms with Crippen LogP contribution in [0.5, 0.6) is 11.5 Å². The van der Waals surface area contributed by atoms with Crippen molar-refractivity contribution in [1.82, 2.24) is 0 Å². The zero-order chi connectivity index (χ0) is 12.7. The van der Waals surface area contributed by atoms with Crippen molar-refractivity contribution in [3.05, 3.63) is 58.1 Å². The maximum absolute atomic E-state index is 12.4. The summed E-state index contributed by atoms with van der Waals surface area (Å²) < 4.78 is 5.58. The highest BCUT2D eigenvalue weighted by Crippen LogP contribution is 2.31. The number of ether oxygens (including phenoxy) is 1. The number of benzene rings is 2. The van der Waals surface area contributed by atoms with Crippen molar-refractivity contribution >= 4 is 17.4 Å². The second-order valence-corrected chi connectivity index (χ2v) is 4.54. The standard InChI is InChI=1S/C14H9ClO3/c15-9-2-4-11-13(5-9)18-7-8-1-3-10(16)6-12(8)14(11)17/h1-6,16H,7H2. The molecule has 0 aromatic heterocycles. The van der Waals surface area contributed by atoms with Gasteiger partial charge in [0.2, 0.25) is 0 Å². The lowest BCUT2D eigenvalue weighted by molar-refractivity contribution is 0.103. The Morgan fingerprint density at radius 1 is 1.11 bits per heavy atom. The summed E-state index contributed by atoms with van der Waals surface area (Å²) in [6.07, 6.45) is 0. The number of rotatable bonds is 0. The minimum atomic E-state index is -0.162. The number of hydrogen-bond donors (Lipinski definition) is 1. The van der Waals surface area contributed by atoms with Gasteiger partial charge in [-0.05, 0) is 30.3 Å². The molecule has 0 amide bonds. The normalized spacial score (nSPS) is 13.3. The van der Waals surface area contributed by atoms with Crippen molar-refractivity contribution < 1.29 is 14.6 Å². The van der Waals surface area contributed by atoms with E-state index in [1.807, 2.05) is 0 Å². The molecule has 1 heterocycles. The maximum Gasteiger partial charge on any atom is 0.197 e. The highest BCUT2D eigenvalue weighted by molar-refractivity contribution is 6.31. The van der Waals surface area contributed by atoms with Crippen LogP contribution in [-0.4, -0.2) is 10.9 Å². The fourth-order valence-electron chi connectivity index (χ4n) is 2.01. The molecule has 18 heavy (non-hydrogen) atoms. The average molecular weight is 261 g/mol. The summed E-state index contributed by atoms with van der Waals surface area (Å²) >= 11 is 5.88. The van der Waals surface area contributed by atoms with Crippen molar-refractivity contribution in [2.24, 2.45) is 0 Å². The van der Waals surface area contributed by atoms with E-state index in [0.29, 0.717) is 21.9 Å². The molecule has 1 aliphatic rings. The first-order valence-electron chi connectivity index (χ1n) is 5.44. The van der Waals surface area contributed by atoms with Crippen LogP contribution in [0.1, 0.15) is 21.5 Å². The SMILES string of the molecule is O=C1c2cc(O)ccc2COc2cc(Cl)ccc21. The lowest BCUT2D eigenvalue weighted by Crippen LogP contribution is -2.02. The number of aromatic hydroxyl groups is 1. The molecular weight excluding hydrogens is 252 g/mol. The Morgan fingerprint density at radius 2 is 1.94 bits per heavy atom. The van der Waals surface area contributed by atoms with E-state index in [9.17, 15) is 9.90 Å². The van der Waals surface area contributed by atoms with E-state index >= 15 is 0 Å². The number of carbonyl (C=O) groups excluding carboxylic acids is 1.